The van der Waals surface area contributed by atoms with Crippen LogP contribution in [0.1, 0.15) is 46.5 Å². The molecule has 0 heterocycles. The molecule has 0 saturated carbocycles. The van der Waals surface area contributed by atoms with E-state index in [1.807, 2.05) is 13.2 Å². The fourth-order valence-corrected chi connectivity index (χ4v) is 3.10. The molecule has 1 atom stereocenters. The Balaban J connectivity index is 4.93. The van der Waals surface area contributed by atoms with Gasteiger partial charge in [0.1, 0.15) is 0 Å². The maximum atomic E-state index is 12.5. The molecule has 0 aliphatic rings. The van der Waals surface area contributed by atoms with E-state index in [4.69, 9.17) is 18.0 Å². The monoisotopic (exact) mass is 290 g/mol. The van der Waals surface area contributed by atoms with E-state index in [1.54, 1.807) is 11.8 Å². The first-order chi connectivity index (χ1) is 8.44. The van der Waals surface area contributed by atoms with Crippen molar-refractivity contribution in [3.05, 3.63) is 0 Å². The molecular weight excluding hydrogens is 264 g/mol. The predicted molar refractivity (Wildman–Crippen MR) is 85.0 cm³/mol. The van der Waals surface area contributed by atoms with E-state index in [1.165, 1.54) is 0 Å². The Hall–Kier alpha value is -0.290. The molecule has 0 bridgehead atoms. The van der Waals surface area contributed by atoms with E-state index in [-0.39, 0.29) is 11.9 Å². The van der Waals surface area contributed by atoms with Gasteiger partial charge in [-0.2, -0.15) is 11.8 Å². The largest absolute Gasteiger partial charge is 0.392 e. The minimum atomic E-state index is -0.661. The molecule has 0 rings (SSSR count). The number of thiocarbonyl (C=S) groups is 1. The quantitative estimate of drug-likeness (QED) is 0.641. The highest BCUT2D eigenvalue weighted by Crippen LogP contribution is 2.31. The summed E-state index contributed by atoms with van der Waals surface area (Å²) < 4.78 is 0. The van der Waals surface area contributed by atoms with E-state index in [2.05, 4.69) is 19.2 Å². The number of nitrogens with two attached hydrogens (primary N) is 1. The second kappa shape index (κ2) is 8.75. The number of carbonyl (C=O) groups is 1. The third-order valence-corrected chi connectivity index (χ3v) is 4.28. The summed E-state index contributed by atoms with van der Waals surface area (Å²) in [5.74, 6) is 0.900. The number of carbonyl (C=O) groups excluding carboxylic acids is 1. The molecule has 0 radical (unpaired) electrons. The van der Waals surface area contributed by atoms with E-state index >= 15 is 0 Å². The SMILES string of the molecule is CCCC(CCC)(C(=O)NC(C)CSC)C(N)=S. The highest BCUT2D eigenvalue weighted by molar-refractivity contribution is 7.98. The summed E-state index contributed by atoms with van der Waals surface area (Å²) in [6.45, 7) is 6.12. The van der Waals surface area contributed by atoms with Crippen LogP contribution < -0.4 is 11.1 Å². The molecule has 0 spiro atoms. The van der Waals surface area contributed by atoms with E-state index in [9.17, 15) is 4.79 Å². The number of nitrogens with one attached hydrogen (secondary N) is 1. The highest BCUT2D eigenvalue weighted by Gasteiger charge is 2.40. The van der Waals surface area contributed by atoms with Crippen molar-refractivity contribution in [2.75, 3.05) is 12.0 Å². The van der Waals surface area contributed by atoms with Gasteiger partial charge in [0.25, 0.3) is 0 Å². The lowest BCUT2D eigenvalue weighted by Crippen LogP contribution is -2.51. The van der Waals surface area contributed by atoms with Crippen LogP contribution in [0, 0.1) is 5.41 Å². The normalized spacial score (nSPS) is 13.1. The second-order valence-electron chi connectivity index (χ2n) is 4.78. The van der Waals surface area contributed by atoms with Crippen molar-refractivity contribution in [3.8, 4) is 0 Å². The molecule has 5 heteroatoms. The Morgan fingerprint density at radius 3 is 2.22 bits per heavy atom. The van der Waals surface area contributed by atoms with Crippen molar-refractivity contribution >= 4 is 34.9 Å². The van der Waals surface area contributed by atoms with Gasteiger partial charge in [0.05, 0.1) is 10.4 Å². The lowest BCUT2D eigenvalue weighted by molar-refractivity contribution is -0.128. The molecule has 1 amide bonds. The molecule has 3 N–H and O–H groups in total. The van der Waals surface area contributed by atoms with Crippen LogP contribution in [0.4, 0.5) is 0 Å². The summed E-state index contributed by atoms with van der Waals surface area (Å²) >= 11 is 6.88. The lowest BCUT2D eigenvalue weighted by Gasteiger charge is -2.32. The van der Waals surface area contributed by atoms with Gasteiger partial charge in [-0.3, -0.25) is 4.79 Å². The molecule has 0 aromatic rings. The maximum absolute atomic E-state index is 12.5. The first-order valence-electron chi connectivity index (χ1n) is 6.54. The van der Waals surface area contributed by atoms with Gasteiger partial charge in [-0.25, -0.2) is 0 Å². The third-order valence-electron chi connectivity index (χ3n) is 3.05. The van der Waals surface area contributed by atoms with Gasteiger partial charge in [0, 0.05) is 11.8 Å². The summed E-state index contributed by atoms with van der Waals surface area (Å²) in [6, 6.07) is 0.148. The van der Waals surface area contributed by atoms with Gasteiger partial charge >= 0.3 is 0 Å². The molecule has 1 unspecified atom stereocenters. The molecule has 0 aliphatic carbocycles. The van der Waals surface area contributed by atoms with E-state index < -0.39 is 5.41 Å². The van der Waals surface area contributed by atoms with Gasteiger partial charge in [0.2, 0.25) is 5.91 Å². The van der Waals surface area contributed by atoms with Gasteiger partial charge in [0.15, 0.2) is 0 Å². The average molecular weight is 290 g/mol. The third kappa shape index (κ3) is 4.76. The van der Waals surface area contributed by atoms with Gasteiger partial charge < -0.3 is 11.1 Å². The highest BCUT2D eigenvalue weighted by atomic mass is 32.2. The summed E-state index contributed by atoms with van der Waals surface area (Å²) in [7, 11) is 0. The molecule has 0 saturated heterocycles. The van der Waals surface area contributed by atoms with Crippen LogP contribution in [0.15, 0.2) is 0 Å². The zero-order valence-corrected chi connectivity index (χ0v) is 13.5. The van der Waals surface area contributed by atoms with E-state index in [0.717, 1.165) is 31.4 Å². The molecule has 106 valence electrons. The molecule has 0 aliphatic heterocycles. The van der Waals surface area contributed by atoms with Crippen LogP contribution in [0.3, 0.4) is 0 Å². The Kier molecular flexibility index (Phi) is 8.61. The fourth-order valence-electron chi connectivity index (χ4n) is 2.22. The summed E-state index contributed by atoms with van der Waals surface area (Å²) in [5.41, 5.74) is 5.20. The van der Waals surface area contributed by atoms with Crippen LogP contribution in [0.25, 0.3) is 0 Å². The van der Waals surface area contributed by atoms with Gasteiger partial charge in [-0.05, 0) is 26.0 Å². The Bertz CT molecular complexity index is 276. The van der Waals surface area contributed by atoms with E-state index in [0.29, 0.717) is 4.99 Å². The second-order valence-corrected chi connectivity index (χ2v) is 6.13. The van der Waals surface area contributed by atoms with Gasteiger partial charge in [-0.1, -0.05) is 38.9 Å². The van der Waals surface area contributed by atoms with Crippen molar-refractivity contribution in [1.29, 1.82) is 0 Å². The minimum Gasteiger partial charge on any atom is -0.392 e. The van der Waals surface area contributed by atoms with Crippen molar-refractivity contribution < 1.29 is 4.79 Å². The Labute approximate surface area is 121 Å². The molecule has 0 aromatic carbocycles. The lowest BCUT2D eigenvalue weighted by atomic mass is 9.78. The summed E-state index contributed by atoms with van der Waals surface area (Å²) in [5, 5.41) is 3.05. The first-order valence-corrected chi connectivity index (χ1v) is 8.34. The zero-order valence-electron chi connectivity index (χ0n) is 11.9. The number of rotatable bonds is 9. The van der Waals surface area contributed by atoms with Gasteiger partial charge in [-0.15, -0.1) is 0 Å². The van der Waals surface area contributed by atoms with Crippen molar-refractivity contribution in [2.45, 2.75) is 52.5 Å². The zero-order chi connectivity index (χ0) is 14.2. The average Bonchev–Trinajstić information content (AvgIpc) is 2.28. The predicted octanol–water partition coefficient (Wildman–Crippen LogP) is 2.73. The molecular formula is C13H26N2OS2. The van der Waals surface area contributed by atoms with Crippen LogP contribution in [0.5, 0.6) is 0 Å². The number of amides is 1. The topological polar surface area (TPSA) is 55.1 Å². The van der Waals surface area contributed by atoms with Crippen LogP contribution in [-0.4, -0.2) is 28.9 Å². The number of thioether (sulfide) groups is 1. The number of hydrogen-bond acceptors (Lipinski definition) is 3. The Morgan fingerprint density at radius 1 is 1.39 bits per heavy atom. The maximum Gasteiger partial charge on any atom is 0.233 e. The summed E-state index contributed by atoms with van der Waals surface area (Å²) in [4.78, 5) is 12.8. The Morgan fingerprint density at radius 2 is 1.89 bits per heavy atom. The van der Waals surface area contributed by atoms with Crippen molar-refractivity contribution in [2.24, 2.45) is 11.1 Å². The fraction of sp³-hybridized carbons (Fsp3) is 0.846. The number of hydrogen-bond donors (Lipinski definition) is 2. The summed E-state index contributed by atoms with van der Waals surface area (Å²) in [6.07, 6.45) is 5.30. The molecule has 0 fully saturated rings. The van der Waals surface area contributed by atoms with Crippen molar-refractivity contribution in [1.82, 2.24) is 5.32 Å². The molecule has 18 heavy (non-hydrogen) atoms. The van der Waals surface area contributed by atoms with Crippen LogP contribution in [0.2, 0.25) is 0 Å². The standard InChI is InChI=1S/C13H26N2OS2/c1-5-7-13(8-6-2,11(14)17)12(16)15-10(3)9-18-4/h10H,5-9H2,1-4H3,(H2,14,17)(H,15,16). The van der Waals surface area contributed by atoms with Crippen LogP contribution in [-0.2, 0) is 4.79 Å². The van der Waals surface area contributed by atoms with Crippen LogP contribution >= 0.6 is 24.0 Å². The first kappa shape index (κ1) is 17.7. The minimum absolute atomic E-state index is 0.000231. The smallest absolute Gasteiger partial charge is 0.233 e. The molecule has 3 nitrogen and oxygen atoms in total. The van der Waals surface area contributed by atoms with Crippen molar-refractivity contribution in [3.63, 3.8) is 0 Å². The molecule has 0 aromatic heterocycles.